The highest BCUT2D eigenvalue weighted by Gasteiger charge is 2.28. The van der Waals surface area contributed by atoms with Gasteiger partial charge in [0.1, 0.15) is 18.0 Å². The van der Waals surface area contributed by atoms with Crippen LogP contribution in [0.1, 0.15) is 50.2 Å². The molecule has 4 aromatic rings. The normalized spacial score (nSPS) is 15.5. The summed E-state index contributed by atoms with van der Waals surface area (Å²) < 4.78 is 44.7. The van der Waals surface area contributed by atoms with Gasteiger partial charge in [0.2, 0.25) is 5.89 Å². The van der Waals surface area contributed by atoms with Gasteiger partial charge in [-0.15, -0.1) is 11.3 Å². The summed E-state index contributed by atoms with van der Waals surface area (Å²) in [6.07, 6.45) is 4.29. The smallest absolute Gasteiger partial charge is 0.229 e. The van der Waals surface area contributed by atoms with Gasteiger partial charge in [0.25, 0.3) is 0 Å². The first-order valence-electron chi connectivity index (χ1n) is 11.0. The topological polar surface area (TPSA) is 102 Å². The lowest BCUT2D eigenvalue weighted by molar-refractivity contribution is 0.326. The van der Waals surface area contributed by atoms with Crippen molar-refractivity contribution in [2.24, 2.45) is 0 Å². The molecule has 1 aromatic carbocycles. The average molecular weight is 502 g/mol. The summed E-state index contributed by atoms with van der Waals surface area (Å²) in [6.45, 7) is 5.64. The molecular weight excluding hydrogens is 477 g/mol. The minimum Gasteiger partial charge on any atom is -0.355 e. The van der Waals surface area contributed by atoms with Crippen LogP contribution in [0.25, 0.3) is 21.3 Å². The first-order chi connectivity index (χ1) is 16.2. The Morgan fingerprint density at radius 3 is 2.59 bits per heavy atom. The fraction of sp³-hybridized carbons (Fsp3) is 0.391. The number of sulfone groups is 1. The third-order valence-electron chi connectivity index (χ3n) is 6.11. The Balaban J connectivity index is 1.40. The van der Waals surface area contributed by atoms with Crippen LogP contribution in [0.15, 0.2) is 39.3 Å². The van der Waals surface area contributed by atoms with E-state index in [0.29, 0.717) is 22.5 Å². The maximum absolute atomic E-state index is 14.8. The second-order valence-corrected chi connectivity index (χ2v) is 11.7. The molecule has 8 nitrogen and oxygen atoms in total. The van der Waals surface area contributed by atoms with E-state index in [1.165, 1.54) is 29.8 Å². The Morgan fingerprint density at radius 2 is 1.94 bits per heavy atom. The maximum Gasteiger partial charge on any atom is 0.229 e. The summed E-state index contributed by atoms with van der Waals surface area (Å²) in [6, 6.07) is 3.98. The van der Waals surface area contributed by atoms with Gasteiger partial charge in [-0.1, -0.05) is 25.1 Å². The fourth-order valence-electron chi connectivity index (χ4n) is 4.19. The third kappa shape index (κ3) is 4.18. The predicted octanol–water partition coefficient (Wildman–Crippen LogP) is 4.79. The van der Waals surface area contributed by atoms with Crippen molar-refractivity contribution in [3.05, 3.63) is 47.4 Å². The Morgan fingerprint density at radius 1 is 1.18 bits per heavy atom. The molecule has 0 saturated carbocycles. The highest BCUT2D eigenvalue weighted by atomic mass is 32.2. The molecule has 1 aliphatic heterocycles. The van der Waals surface area contributed by atoms with Crippen LogP contribution in [-0.4, -0.2) is 47.9 Å². The molecule has 0 unspecified atom stereocenters. The fourth-order valence-corrected chi connectivity index (χ4v) is 5.85. The van der Waals surface area contributed by atoms with Crippen molar-refractivity contribution in [1.29, 1.82) is 0 Å². The number of thiophene rings is 1. The van der Waals surface area contributed by atoms with E-state index in [0.717, 1.165) is 54.6 Å². The van der Waals surface area contributed by atoms with Crippen LogP contribution in [0.5, 0.6) is 0 Å². The van der Waals surface area contributed by atoms with E-state index >= 15 is 0 Å². The van der Waals surface area contributed by atoms with E-state index in [4.69, 9.17) is 4.52 Å². The number of benzene rings is 1. The van der Waals surface area contributed by atoms with E-state index in [9.17, 15) is 12.8 Å². The standard InChI is InChI=1S/C23H24FN5O3S2/c1-13(2)21-27-23(32-28-21)14-6-8-29(9-7-14)22-20-19(25-12-26-22)17(11-33-20)16-5-4-15(10-18(16)24)34(3,30)31/h4-5,10-14H,6-9H2,1-3H3. The Kier molecular flexibility index (Phi) is 5.85. The quantitative estimate of drug-likeness (QED) is 0.385. The number of aromatic nitrogens is 4. The molecule has 0 atom stereocenters. The minimum atomic E-state index is -3.49. The zero-order chi connectivity index (χ0) is 24.0. The number of hydrogen-bond donors (Lipinski definition) is 0. The van der Waals surface area contributed by atoms with Gasteiger partial charge in [0, 0.05) is 47.7 Å². The number of rotatable bonds is 5. The van der Waals surface area contributed by atoms with Crippen molar-refractivity contribution in [2.75, 3.05) is 24.2 Å². The van der Waals surface area contributed by atoms with Gasteiger partial charge in [-0.05, 0) is 25.0 Å². The first-order valence-corrected chi connectivity index (χ1v) is 13.8. The summed E-state index contributed by atoms with van der Waals surface area (Å²) >= 11 is 1.46. The molecule has 178 valence electrons. The molecule has 0 aliphatic carbocycles. The maximum atomic E-state index is 14.8. The van der Waals surface area contributed by atoms with Crippen molar-refractivity contribution in [3.8, 4) is 11.1 Å². The highest BCUT2D eigenvalue weighted by molar-refractivity contribution is 7.90. The molecule has 4 heterocycles. The molecule has 1 aliphatic rings. The molecule has 0 radical (unpaired) electrons. The number of fused-ring (bicyclic) bond motifs is 1. The lowest BCUT2D eigenvalue weighted by Crippen LogP contribution is -2.33. The van der Waals surface area contributed by atoms with Crippen molar-refractivity contribution < 1.29 is 17.3 Å². The zero-order valence-electron chi connectivity index (χ0n) is 19.0. The Labute approximate surface area is 200 Å². The summed E-state index contributed by atoms with van der Waals surface area (Å²) in [5.41, 5.74) is 1.60. The van der Waals surface area contributed by atoms with Crippen LogP contribution in [-0.2, 0) is 9.84 Å². The van der Waals surface area contributed by atoms with Gasteiger partial charge in [-0.25, -0.2) is 22.8 Å². The van der Waals surface area contributed by atoms with Gasteiger partial charge in [-0.3, -0.25) is 0 Å². The number of piperidine rings is 1. The molecule has 11 heteroatoms. The van der Waals surface area contributed by atoms with Gasteiger partial charge < -0.3 is 9.42 Å². The lowest BCUT2D eigenvalue weighted by atomic mass is 9.96. The second-order valence-electron chi connectivity index (χ2n) is 8.85. The second kappa shape index (κ2) is 8.70. The van der Waals surface area contributed by atoms with Gasteiger partial charge in [0.15, 0.2) is 15.7 Å². The predicted molar refractivity (Wildman–Crippen MR) is 128 cm³/mol. The molecule has 1 saturated heterocycles. The van der Waals surface area contributed by atoms with E-state index in [1.54, 1.807) is 0 Å². The van der Waals surface area contributed by atoms with Crippen molar-refractivity contribution in [3.63, 3.8) is 0 Å². The number of anilines is 1. The van der Waals surface area contributed by atoms with Gasteiger partial charge in [-0.2, -0.15) is 4.98 Å². The van der Waals surface area contributed by atoms with Crippen LogP contribution in [0.3, 0.4) is 0 Å². The van der Waals surface area contributed by atoms with Gasteiger partial charge in [0.05, 0.1) is 15.1 Å². The molecule has 1 fully saturated rings. The molecule has 0 spiro atoms. The number of nitrogens with zero attached hydrogens (tertiary/aromatic N) is 5. The van der Waals surface area contributed by atoms with Crippen molar-refractivity contribution in [1.82, 2.24) is 20.1 Å². The van der Waals surface area contributed by atoms with E-state index in [-0.39, 0.29) is 16.7 Å². The summed E-state index contributed by atoms with van der Waals surface area (Å²) in [7, 11) is -3.49. The van der Waals surface area contributed by atoms with Crippen LogP contribution in [0, 0.1) is 5.82 Å². The first kappa shape index (κ1) is 22.9. The summed E-state index contributed by atoms with van der Waals surface area (Å²) in [5.74, 6) is 2.10. The molecule has 3 aromatic heterocycles. The lowest BCUT2D eigenvalue weighted by Gasteiger charge is -2.31. The SMILES string of the molecule is CC(C)c1noc(C2CCN(c3ncnc4c(-c5ccc(S(C)(=O)=O)cc5F)csc34)CC2)n1. The van der Waals surface area contributed by atoms with E-state index < -0.39 is 15.7 Å². The van der Waals surface area contributed by atoms with Crippen LogP contribution in [0.2, 0.25) is 0 Å². The molecule has 0 amide bonds. The Bertz CT molecular complexity index is 1460. The Hall–Kier alpha value is -2.92. The molecular formula is C23H24FN5O3S2. The number of hydrogen-bond acceptors (Lipinski definition) is 9. The van der Waals surface area contributed by atoms with E-state index in [2.05, 4.69) is 25.0 Å². The number of halogens is 1. The minimum absolute atomic E-state index is 0.0479. The van der Waals surface area contributed by atoms with Crippen molar-refractivity contribution in [2.45, 2.75) is 43.4 Å². The largest absolute Gasteiger partial charge is 0.355 e. The van der Waals surface area contributed by atoms with Crippen LogP contribution in [0.4, 0.5) is 10.2 Å². The molecule has 34 heavy (non-hydrogen) atoms. The third-order valence-corrected chi connectivity index (χ3v) is 8.19. The average Bonchev–Trinajstić information content (AvgIpc) is 3.46. The van der Waals surface area contributed by atoms with Crippen molar-refractivity contribution >= 4 is 37.2 Å². The molecule has 0 N–H and O–H groups in total. The van der Waals surface area contributed by atoms with Crippen LogP contribution >= 0.6 is 11.3 Å². The monoisotopic (exact) mass is 501 g/mol. The molecule has 0 bridgehead atoms. The summed E-state index contributed by atoms with van der Waals surface area (Å²) in [5, 5.41) is 5.93. The summed E-state index contributed by atoms with van der Waals surface area (Å²) in [4.78, 5) is 15.7. The van der Waals surface area contributed by atoms with Gasteiger partial charge >= 0.3 is 0 Å². The zero-order valence-corrected chi connectivity index (χ0v) is 20.7. The van der Waals surface area contributed by atoms with E-state index in [1.807, 2.05) is 19.2 Å². The van der Waals surface area contributed by atoms with Crippen LogP contribution < -0.4 is 4.90 Å². The molecule has 5 rings (SSSR count). The highest BCUT2D eigenvalue weighted by Crippen LogP contribution is 2.39.